The summed E-state index contributed by atoms with van der Waals surface area (Å²) in [4.78, 5) is 12.8. The van der Waals surface area contributed by atoms with Gasteiger partial charge in [0.15, 0.2) is 11.2 Å². The second kappa shape index (κ2) is 5.65. The Morgan fingerprint density at radius 2 is 2.14 bits per heavy atom. The minimum Gasteiger partial charge on any atom is -0.479 e. The molecular formula is C12H14ClN7O. The lowest BCUT2D eigenvalue weighted by molar-refractivity contribution is 0.401. The van der Waals surface area contributed by atoms with Gasteiger partial charge in [0.2, 0.25) is 5.88 Å². The van der Waals surface area contributed by atoms with E-state index in [1.54, 1.807) is 13.4 Å². The number of rotatable bonds is 5. The lowest BCUT2D eigenvalue weighted by atomic mass is 10.4. The average Bonchev–Trinajstić information content (AvgIpc) is 3.07. The molecule has 0 radical (unpaired) electrons. The molecule has 21 heavy (non-hydrogen) atoms. The zero-order valence-electron chi connectivity index (χ0n) is 11.7. The summed E-state index contributed by atoms with van der Waals surface area (Å²) in [5, 5.41) is 7.94. The van der Waals surface area contributed by atoms with Crippen LogP contribution in [0.25, 0.3) is 11.2 Å². The van der Waals surface area contributed by atoms with E-state index in [1.807, 2.05) is 16.2 Å². The fraction of sp³-hybridized carbons (Fsp3) is 0.417. The van der Waals surface area contributed by atoms with Crippen LogP contribution in [-0.4, -0.2) is 41.4 Å². The topological polar surface area (TPSA) is 83.5 Å². The van der Waals surface area contributed by atoms with Gasteiger partial charge in [-0.05, 0) is 0 Å². The van der Waals surface area contributed by atoms with Gasteiger partial charge in [-0.2, -0.15) is 4.98 Å². The normalized spacial score (nSPS) is 11.2. The summed E-state index contributed by atoms with van der Waals surface area (Å²) in [6.45, 7) is 0.658. The second-order valence-electron chi connectivity index (χ2n) is 4.48. The molecule has 110 valence electrons. The number of alkyl halides is 1. The van der Waals surface area contributed by atoms with Crippen molar-refractivity contribution in [1.29, 1.82) is 0 Å². The minimum absolute atomic E-state index is 0.290. The number of ether oxygens (including phenoxy) is 1. The number of aryl methyl sites for hydroxylation is 3. The molecule has 0 unspecified atom stereocenters. The van der Waals surface area contributed by atoms with Gasteiger partial charge in [0.25, 0.3) is 0 Å². The summed E-state index contributed by atoms with van der Waals surface area (Å²) in [5.41, 5.74) is 1.33. The Kier molecular flexibility index (Phi) is 3.70. The van der Waals surface area contributed by atoms with E-state index < -0.39 is 0 Å². The van der Waals surface area contributed by atoms with Crippen LogP contribution in [0.3, 0.4) is 0 Å². The van der Waals surface area contributed by atoms with Crippen molar-refractivity contribution in [3.63, 3.8) is 0 Å². The predicted octanol–water partition coefficient (Wildman–Crippen LogP) is 0.945. The largest absolute Gasteiger partial charge is 0.479 e. The van der Waals surface area contributed by atoms with Gasteiger partial charge in [0, 0.05) is 20.0 Å². The second-order valence-corrected chi connectivity index (χ2v) is 4.74. The van der Waals surface area contributed by atoms with E-state index in [2.05, 4.69) is 25.1 Å². The molecule has 0 atom stereocenters. The van der Waals surface area contributed by atoms with E-state index in [0.717, 1.165) is 11.6 Å². The molecular weight excluding hydrogens is 294 g/mol. The summed E-state index contributed by atoms with van der Waals surface area (Å²) in [5.74, 6) is 2.35. The van der Waals surface area contributed by atoms with Crippen LogP contribution in [0.5, 0.6) is 5.88 Å². The maximum Gasteiger partial charge on any atom is 0.245 e. The Bertz CT molecular complexity index is 766. The smallest absolute Gasteiger partial charge is 0.245 e. The third kappa shape index (κ3) is 2.42. The molecule has 8 nitrogen and oxygen atoms in total. The Morgan fingerprint density at radius 1 is 1.29 bits per heavy atom. The van der Waals surface area contributed by atoms with Crippen LogP contribution in [0.2, 0.25) is 0 Å². The molecule has 0 fully saturated rings. The fourth-order valence-electron chi connectivity index (χ4n) is 2.19. The number of imidazole rings is 1. The summed E-state index contributed by atoms with van der Waals surface area (Å²) in [7, 11) is 3.47. The third-order valence-corrected chi connectivity index (χ3v) is 3.49. The van der Waals surface area contributed by atoms with Crippen molar-refractivity contribution in [2.75, 3.05) is 7.11 Å². The van der Waals surface area contributed by atoms with Crippen LogP contribution in [0, 0.1) is 0 Å². The van der Waals surface area contributed by atoms with Gasteiger partial charge in [0.05, 0.1) is 13.0 Å². The average molecular weight is 308 g/mol. The lowest BCUT2D eigenvalue weighted by Gasteiger charge is -2.06. The van der Waals surface area contributed by atoms with Gasteiger partial charge in [-0.1, -0.05) is 0 Å². The number of halogens is 1. The Morgan fingerprint density at radius 3 is 2.81 bits per heavy atom. The van der Waals surface area contributed by atoms with Crippen LogP contribution in [0.1, 0.15) is 11.6 Å². The highest BCUT2D eigenvalue weighted by Gasteiger charge is 2.16. The molecule has 3 rings (SSSR count). The lowest BCUT2D eigenvalue weighted by Crippen LogP contribution is -2.09. The molecule has 0 spiro atoms. The van der Waals surface area contributed by atoms with Crippen LogP contribution in [-0.2, 0) is 25.9 Å². The van der Waals surface area contributed by atoms with E-state index in [9.17, 15) is 0 Å². The molecule has 3 aromatic heterocycles. The molecule has 0 amide bonds. The first-order valence-electron chi connectivity index (χ1n) is 6.37. The number of nitrogens with zero attached hydrogens (tertiary/aromatic N) is 7. The van der Waals surface area contributed by atoms with E-state index >= 15 is 0 Å². The molecule has 0 saturated heterocycles. The molecule has 3 heterocycles. The van der Waals surface area contributed by atoms with Crippen LogP contribution < -0.4 is 4.74 Å². The maximum absolute atomic E-state index is 5.99. The zero-order valence-corrected chi connectivity index (χ0v) is 12.4. The highest BCUT2D eigenvalue weighted by Crippen LogP contribution is 2.22. The van der Waals surface area contributed by atoms with Crippen molar-refractivity contribution in [1.82, 2.24) is 34.3 Å². The van der Waals surface area contributed by atoms with Crippen molar-refractivity contribution >= 4 is 22.8 Å². The molecule has 0 aliphatic heterocycles. The minimum atomic E-state index is 0.290. The quantitative estimate of drug-likeness (QED) is 0.652. The standard InChI is InChI=1S/C12H14ClN7O/c1-19-7-16-18-8(19)3-4-20-9(5-13)17-10-11(20)14-6-15-12(10)21-2/h6-7H,3-5H2,1-2H3. The van der Waals surface area contributed by atoms with Gasteiger partial charge in [-0.3, -0.25) is 0 Å². The highest BCUT2D eigenvalue weighted by molar-refractivity contribution is 6.16. The molecule has 0 aromatic carbocycles. The van der Waals surface area contributed by atoms with E-state index in [1.165, 1.54) is 6.33 Å². The number of hydrogen-bond acceptors (Lipinski definition) is 6. The number of fused-ring (bicyclic) bond motifs is 1. The summed E-state index contributed by atoms with van der Waals surface area (Å²) in [6, 6.07) is 0. The summed E-state index contributed by atoms with van der Waals surface area (Å²) >= 11 is 5.99. The molecule has 0 saturated carbocycles. The summed E-state index contributed by atoms with van der Waals surface area (Å²) in [6.07, 6.45) is 3.84. The first-order chi connectivity index (χ1) is 10.2. The number of methoxy groups -OCH3 is 1. The van der Waals surface area contributed by atoms with Crippen molar-refractivity contribution in [3.05, 3.63) is 24.3 Å². The van der Waals surface area contributed by atoms with Crippen LogP contribution in [0.4, 0.5) is 0 Å². The molecule has 0 bridgehead atoms. The number of aromatic nitrogens is 7. The van der Waals surface area contributed by atoms with E-state index in [0.29, 0.717) is 35.9 Å². The predicted molar refractivity (Wildman–Crippen MR) is 76.1 cm³/mol. The fourth-order valence-corrected chi connectivity index (χ4v) is 2.40. The SMILES string of the molecule is COc1ncnc2c1nc(CCl)n2CCc1nncn1C. The van der Waals surface area contributed by atoms with Crippen LogP contribution >= 0.6 is 11.6 Å². The summed E-state index contributed by atoms with van der Waals surface area (Å²) < 4.78 is 9.06. The van der Waals surface area contributed by atoms with Gasteiger partial charge in [0.1, 0.15) is 24.3 Å². The zero-order chi connectivity index (χ0) is 14.8. The molecule has 0 aliphatic rings. The van der Waals surface area contributed by atoms with Crippen molar-refractivity contribution in [2.45, 2.75) is 18.8 Å². The molecule has 0 N–H and O–H groups in total. The van der Waals surface area contributed by atoms with E-state index in [4.69, 9.17) is 16.3 Å². The molecule has 3 aromatic rings. The van der Waals surface area contributed by atoms with Crippen molar-refractivity contribution < 1.29 is 4.74 Å². The third-order valence-electron chi connectivity index (χ3n) is 3.25. The van der Waals surface area contributed by atoms with E-state index in [-0.39, 0.29) is 0 Å². The van der Waals surface area contributed by atoms with Gasteiger partial charge >= 0.3 is 0 Å². The number of hydrogen-bond donors (Lipinski definition) is 0. The highest BCUT2D eigenvalue weighted by atomic mass is 35.5. The van der Waals surface area contributed by atoms with Crippen molar-refractivity contribution in [2.24, 2.45) is 7.05 Å². The molecule has 0 aliphatic carbocycles. The molecule has 9 heteroatoms. The Balaban J connectivity index is 1.98. The monoisotopic (exact) mass is 307 g/mol. The first kappa shape index (κ1) is 13.7. The van der Waals surface area contributed by atoms with Gasteiger partial charge < -0.3 is 13.9 Å². The van der Waals surface area contributed by atoms with Crippen LogP contribution in [0.15, 0.2) is 12.7 Å². The first-order valence-corrected chi connectivity index (χ1v) is 6.91. The van der Waals surface area contributed by atoms with Crippen molar-refractivity contribution in [3.8, 4) is 5.88 Å². The maximum atomic E-state index is 5.99. The Hall–Kier alpha value is -2.22. The Labute approximate surface area is 125 Å². The van der Waals surface area contributed by atoms with Gasteiger partial charge in [-0.15, -0.1) is 21.8 Å². The van der Waals surface area contributed by atoms with Gasteiger partial charge in [-0.25, -0.2) is 9.97 Å².